The molecule has 1 amide bonds. The summed E-state index contributed by atoms with van der Waals surface area (Å²) in [4.78, 5) is 27.3. The van der Waals surface area contributed by atoms with Gasteiger partial charge in [-0.1, -0.05) is 35.9 Å². The summed E-state index contributed by atoms with van der Waals surface area (Å²) in [5, 5.41) is 11.3. The molecule has 0 aromatic heterocycles. The third-order valence-corrected chi connectivity index (χ3v) is 5.10. The zero-order valence-corrected chi connectivity index (χ0v) is 17.5. The van der Waals surface area contributed by atoms with Crippen LogP contribution in [0.5, 0.6) is 11.5 Å². The number of likely N-dealkylation sites (tertiary alicyclic amines) is 1. The van der Waals surface area contributed by atoms with Gasteiger partial charge in [0, 0.05) is 13.7 Å². The van der Waals surface area contributed by atoms with Gasteiger partial charge in [-0.15, -0.1) is 0 Å². The van der Waals surface area contributed by atoms with Crippen LogP contribution in [0.4, 0.5) is 0 Å². The lowest BCUT2D eigenvalue weighted by molar-refractivity contribution is -0.140. The Morgan fingerprint density at radius 3 is 2.23 bits per heavy atom. The maximum Gasteiger partial charge on any atom is 0.295 e. The van der Waals surface area contributed by atoms with Crippen LogP contribution in [0.15, 0.2) is 48.0 Å². The van der Waals surface area contributed by atoms with Crippen LogP contribution < -0.4 is 9.47 Å². The van der Waals surface area contributed by atoms with Gasteiger partial charge in [0.2, 0.25) is 0 Å². The van der Waals surface area contributed by atoms with Crippen LogP contribution in [0.25, 0.3) is 5.76 Å². The van der Waals surface area contributed by atoms with Gasteiger partial charge >= 0.3 is 0 Å². The zero-order chi connectivity index (χ0) is 21.8. The highest BCUT2D eigenvalue weighted by Crippen LogP contribution is 2.43. The van der Waals surface area contributed by atoms with Crippen LogP contribution in [-0.2, 0) is 14.3 Å². The average molecular weight is 411 g/mol. The van der Waals surface area contributed by atoms with Crippen LogP contribution in [0.3, 0.4) is 0 Å². The van der Waals surface area contributed by atoms with Crippen LogP contribution >= 0.6 is 0 Å². The van der Waals surface area contributed by atoms with E-state index in [1.54, 1.807) is 18.2 Å². The molecule has 158 valence electrons. The molecule has 0 bridgehead atoms. The standard InChI is InChI=1S/C23H25NO6/c1-14-7-5-8-15(13-14)20-19(22(26)23(27)24(20)11-12-28-2)21(25)18-16(29-3)9-6-10-17(18)30-4/h5-10,13,20,25H,11-12H2,1-4H3/b21-19+. The first-order valence-corrected chi connectivity index (χ1v) is 9.49. The Morgan fingerprint density at radius 2 is 1.67 bits per heavy atom. The molecule has 30 heavy (non-hydrogen) atoms. The van der Waals surface area contributed by atoms with E-state index >= 15 is 0 Å². The summed E-state index contributed by atoms with van der Waals surface area (Å²) < 4.78 is 15.9. The summed E-state index contributed by atoms with van der Waals surface area (Å²) in [6.07, 6.45) is 0. The molecular formula is C23H25NO6. The molecule has 3 rings (SSSR count). The average Bonchev–Trinajstić information content (AvgIpc) is 3.01. The number of nitrogens with zero attached hydrogens (tertiary/aromatic N) is 1. The van der Waals surface area contributed by atoms with Gasteiger partial charge in [-0.2, -0.15) is 0 Å². The Balaban J connectivity index is 2.27. The first-order chi connectivity index (χ1) is 14.4. The number of methoxy groups -OCH3 is 3. The second-order valence-corrected chi connectivity index (χ2v) is 6.94. The molecule has 1 fully saturated rings. The van der Waals surface area contributed by atoms with Crippen molar-refractivity contribution in [1.29, 1.82) is 0 Å². The van der Waals surface area contributed by atoms with Crippen LogP contribution in [-0.4, -0.2) is 56.2 Å². The fourth-order valence-electron chi connectivity index (χ4n) is 3.71. The number of carbonyl (C=O) groups is 2. The normalized spacial score (nSPS) is 18.0. The number of amides is 1. The molecule has 2 aromatic rings. The van der Waals surface area contributed by atoms with Gasteiger partial charge in [0.1, 0.15) is 22.8 Å². The fourth-order valence-corrected chi connectivity index (χ4v) is 3.71. The number of hydrogen-bond acceptors (Lipinski definition) is 6. The lowest BCUT2D eigenvalue weighted by atomic mass is 9.94. The molecule has 7 nitrogen and oxygen atoms in total. The quantitative estimate of drug-likeness (QED) is 0.428. The third-order valence-electron chi connectivity index (χ3n) is 5.10. The van der Waals surface area contributed by atoms with Gasteiger partial charge in [0.25, 0.3) is 11.7 Å². The second-order valence-electron chi connectivity index (χ2n) is 6.94. The molecule has 1 N–H and O–H groups in total. The molecular weight excluding hydrogens is 386 g/mol. The monoisotopic (exact) mass is 411 g/mol. The largest absolute Gasteiger partial charge is 0.506 e. The van der Waals surface area contributed by atoms with E-state index in [0.717, 1.165) is 11.1 Å². The van der Waals surface area contributed by atoms with E-state index in [9.17, 15) is 14.7 Å². The number of aliphatic hydroxyl groups excluding tert-OH is 1. The summed E-state index contributed by atoms with van der Waals surface area (Å²) in [5.74, 6) is -1.12. The molecule has 1 aliphatic rings. The predicted molar refractivity (Wildman–Crippen MR) is 112 cm³/mol. The van der Waals surface area contributed by atoms with E-state index in [1.807, 2.05) is 31.2 Å². The van der Waals surface area contributed by atoms with Crippen molar-refractivity contribution in [3.05, 3.63) is 64.7 Å². The van der Waals surface area contributed by atoms with Crippen LogP contribution in [0.1, 0.15) is 22.7 Å². The number of Topliss-reactive ketones (excluding diaryl/α,β-unsaturated/α-hetero) is 1. The van der Waals surface area contributed by atoms with Gasteiger partial charge in [0.15, 0.2) is 0 Å². The summed E-state index contributed by atoms with van der Waals surface area (Å²) in [6.45, 7) is 2.39. The highest BCUT2D eigenvalue weighted by Gasteiger charge is 2.46. The van der Waals surface area contributed by atoms with Crippen molar-refractivity contribution in [2.24, 2.45) is 0 Å². The number of rotatable bonds is 7. The molecule has 0 saturated carbocycles. The molecule has 1 saturated heterocycles. The minimum atomic E-state index is -0.761. The zero-order valence-electron chi connectivity index (χ0n) is 17.5. The summed E-state index contributed by atoms with van der Waals surface area (Å²) in [7, 11) is 4.44. The SMILES string of the molecule is COCCN1C(=O)C(=O)/C(=C(/O)c2c(OC)cccc2OC)C1c1cccc(C)c1. The van der Waals surface area contributed by atoms with E-state index in [-0.39, 0.29) is 30.0 Å². The molecule has 0 radical (unpaired) electrons. The Labute approximate surface area is 175 Å². The van der Waals surface area contributed by atoms with E-state index in [4.69, 9.17) is 14.2 Å². The van der Waals surface area contributed by atoms with Gasteiger partial charge in [-0.05, 0) is 24.6 Å². The predicted octanol–water partition coefficient (Wildman–Crippen LogP) is 3.08. The van der Waals surface area contributed by atoms with Crippen LogP contribution in [0, 0.1) is 6.92 Å². The molecule has 1 heterocycles. The maximum atomic E-state index is 13.0. The third kappa shape index (κ3) is 3.76. The van der Waals surface area contributed by atoms with E-state index < -0.39 is 17.7 Å². The Bertz CT molecular complexity index is 975. The molecule has 0 aliphatic carbocycles. The van der Waals surface area contributed by atoms with Gasteiger partial charge in [-0.3, -0.25) is 9.59 Å². The van der Waals surface area contributed by atoms with Crippen molar-refractivity contribution in [3.63, 3.8) is 0 Å². The van der Waals surface area contributed by atoms with Gasteiger partial charge in [0.05, 0.1) is 32.4 Å². The van der Waals surface area contributed by atoms with Crippen molar-refractivity contribution in [1.82, 2.24) is 4.90 Å². The lowest BCUT2D eigenvalue weighted by Crippen LogP contribution is -2.32. The van der Waals surface area contributed by atoms with E-state index in [0.29, 0.717) is 11.5 Å². The molecule has 0 spiro atoms. The van der Waals surface area contributed by atoms with E-state index in [1.165, 1.54) is 26.2 Å². The first-order valence-electron chi connectivity index (χ1n) is 9.49. The molecule has 7 heteroatoms. The van der Waals surface area contributed by atoms with Crippen LogP contribution in [0.2, 0.25) is 0 Å². The Kier molecular flexibility index (Phi) is 6.42. The number of hydrogen-bond donors (Lipinski definition) is 1. The number of carbonyl (C=O) groups excluding carboxylic acids is 2. The minimum Gasteiger partial charge on any atom is -0.506 e. The number of aliphatic hydroxyl groups is 1. The van der Waals surface area contributed by atoms with Gasteiger partial charge in [-0.25, -0.2) is 0 Å². The lowest BCUT2D eigenvalue weighted by Gasteiger charge is -2.25. The Hall–Kier alpha value is -3.32. The van der Waals surface area contributed by atoms with E-state index in [2.05, 4.69) is 0 Å². The summed E-state index contributed by atoms with van der Waals surface area (Å²) >= 11 is 0. The van der Waals surface area contributed by atoms with Crippen molar-refractivity contribution < 1.29 is 28.9 Å². The molecule has 2 aromatic carbocycles. The molecule has 1 aliphatic heterocycles. The number of ketones is 1. The summed E-state index contributed by atoms with van der Waals surface area (Å²) in [6, 6.07) is 11.8. The maximum absolute atomic E-state index is 13.0. The Morgan fingerprint density at radius 1 is 1.03 bits per heavy atom. The van der Waals surface area contributed by atoms with Gasteiger partial charge < -0.3 is 24.2 Å². The van der Waals surface area contributed by atoms with Crippen molar-refractivity contribution in [2.75, 3.05) is 34.5 Å². The highest BCUT2D eigenvalue weighted by molar-refractivity contribution is 6.46. The number of benzene rings is 2. The summed E-state index contributed by atoms with van der Waals surface area (Å²) in [5.41, 5.74) is 1.91. The second kappa shape index (κ2) is 9.00. The first kappa shape index (κ1) is 21.4. The van der Waals surface area contributed by atoms with Crippen molar-refractivity contribution in [2.45, 2.75) is 13.0 Å². The fraction of sp³-hybridized carbons (Fsp3) is 0.304. The highest BCUT2D eigenvalue weighted by atomic mass is 16.5. The topological polar surface area (TPSA) is 85.3 Å². The minimum absolute atomic E-state index is 0.00972. The van der Waals surface area contributed by atoms with Crippen molar-refractivity contribution >= 4 is 17.4 Å². The van der Waals surface area contributed by atoms with Crippen molar-refractivity contribution in [3.8, 4) is 11.5 Å². The molecule has 1 unspecified atom stereocenters. The smallest absolute Gasteiger partial charge is 0.295 e. The number of ether oxygens (including phenoxy) is 3. The number of aryl methyl sites for hydroxylation is 1. The molecule has 1 atom stereocenters.